The van der Waals surface area contributed by atoms with E-state index in [0.29, 0.717) is 31.6 Å². The van der Waals surface area contributed by atoms with Crippen LogP contribution in [0.1, 0.15) is 50.4 Å². The van der Waals surface area contributed by atoms with Crippen LogP contribution in [0.5, 0.6) is 0 Å². The van der Waals surface area contributed by atoms with E-state index in [-0.39, 0.29) is 17.1 Å². The van der Waals surface area contributed by atoms with E-state index >= 15 is 0 Å². The number of carbonyl (C=O) groups excluding carboxylic acids is 1. The van der Waals surface area contributed by atoms with Crippen LogP contribution in [-0.4, -0.2) is 82.5 Å². The molecule has 3 aliphatic heterocycles. The zero-order chi connectivity index (χ0) is 26.2. The summed E-state index contributed by atoms with van der Waals surface area (Å²) in [6, 6.07) is 9.42. The fraction of sp³-hybridized carbons (Fsp3) is 0.586. The predicted octanol–water partition coefficient (Wildman–Crippen LogP) is 4.00. The van der Waals surface area contributed by atoms with Crippen molar-refractivity contribution in [2.75, 3.05) is 50.7 Å². The van der Waals surface area contributed by atoms with Crippen LogP contribution in [0.15, 0.2) is 36.5 Å². The normalized spacial score (nSPS) is 24.8. The van der Waals surface area contributed by atoms with Crippen LogP contribution in [0, 0.1) is 5.82 Å². The summed E-state index contributed by atoms with van der Waals surface area (Å²) in [4.78, 5) is 25.6. The fourth-order valence-corrected chi connectivity index (χ4v) is 6.54. The van der Waals surface area contributed by atoms with Gasteiger partial charge in [0.15, 0.2) is 0 Å². The zero-order valence-corrected chi connectivity index (χ0v) is 24.4. The Hall–Kier alpha value is -1.62. The number of nitrogens with one attached hydrogen (secondary N) is 1. The Labute approximate surface area is 234 Å². The maximum absolute atomic E-state index is 13.8. The van der Waals surface area contributed by atoms with Crippen molar-refractivity contribution in [3.63, 3.8) is 0 Å². The molecule has 37 heavy (non-hydrogen) atoms. The number of piperidine rings is 1. The van der Waals surface area contributed by atoms with E-state index in [9.17, 15) is 9.18 Å². The first kappa shape index (κ1) is 27.0. The van der Waals surface area contributed by atoms with Crippen LogP contribution >= 0.6 is 22.6 Å². The SMILES string of the molecule is C[C@@H]1CN(CC(=O)N2CC(C)(C)c3ncc(Cc4ccc(F)cc4)cc32)[C@@H](CN2CCC(I)CC2)CN1. The average molecular weight is 620 g/mol. The van der Waals surface area contributed by atoms with Gasteiger partial charge in [0, 0.05) is 53.8 Å². The van der Waals surface area contributed by atoms with Crippen molar-refractivity contribution in [2.45, 2.75) is 61.5 Å². The summed E-state index contributed by atoms with van der Waals surface area (Å²) in [5.74, 6) is -0.0815. The molecule has 2 aromatic rings. The number of aromatic nitrogens is 1. The lowest BCUT2D eigenvalue weighted by Crippen LogP contribution is -2.61. The number of fused-ring (bicyclic) bond motifs is 1. The Morgan fingerprint density at radius 1 is 1.19 bits per heavy atom. The maximum atomic E-state index is 13.8. The number of likely N-dealkylation sites (tertiary alicyclic amines) is 1. The van der Waals surface area contributed by atoms with Crippen molar-refractivity contribution in [1.82, 2.24) is 20.1 Å². The highest BCUT2D eigenvalue weighted by atomic mass is 127. The van der Waals surface area contributed by atoms with Gasteiger partial charge in [-0.05, 0) is 68.6 Å². The monoisotopic (exact) mass is 619 g/mol. The molecular formula is C29H39FIN5O. The van der Waals surface area contributed by atoms with Crippen LogP contribution in [0.25, 0.3) is 0 Å². The molecule has 1 aromatic heterocycles. The van der Waals surface area contributed by atoms with Crippen molar-refractivity contribution in [1.29, 1.82) is 0 Å². The Morgan fingerprint density at radius 2 is 1.92 bits per heavy atom. The van der Waals surface area contributed by atoms with Gasteiger partial charge in [0.05, 0.1) is 17.9 Å². The third-order valence-corrected chi connectivity index (χ3v) is 9.33. The molecule has 0 saturated carbocycles. The van der Waals surface area contributed by atoms with Gasteiger partial charge in [-0.25, -0.2) is 4.39 Å². The lowest BCUT2D eigenvalue weighted by atomic mass is 9.91. The second-order valence-electron chi connectivity index (χ2n) is 11.7. The first-order chi connectivity index (χ1) is 17.7. The number of piperazine rings is 1. The number of alkyl halides is 1. The predicted molar refractivity (Wildman–Crippen MR) is 155 cm³/mol. The third-order valence-electron chi connectivity index (χ3n) is 8.08. The molecule has 0 bridgehead atoms. The second kappa shape index (κ2) is 11.2. The first-order valence-electron chi connectivity index (χ1n) is 13.6. The standard InChI is InChI=1S/C29H39FIN5O/c1-20-16-35(25(15-32-20)17-34-10-8-24(31)9-11-34)18-27(37)36-19-29(2,3)28-26(36)13-22(14-33-28)12-21-4-6-23(30)7-5-21/h4-7,13-14,20,24-25,32H,8-12,15-19H2,1-3H3/t20-,25-/m1/s1. The highest BCUT2D eigenvalue weighted by molar-refractivity contribution is 14.1. The van der Waals surface area contributed by atoms with Gasteiger partial charge in [0.2, 0.25) is 5.91 Å². The molecule has 0 spiro atoms. The van der Waals surface area contributed by atoms with E-state index in [1.807, 2.05) is 23.2 Å². The van der Waals surface area contributed by atoms with Gasteiger partial charge in [-0.2, -0.15) is 0 Å². The molecule has 5 rings (SSSR count). The molecule has 0 radical (unpaired) electrons. The minimum absolute atomic E-state index is 0.151. The molecule has 200 valence electrons. The summed E-state index contributed by atoms with van der Waals surface area (Å²) in [5.41, 5.74) is 3.78. The van der Waals surface area contributed by atoms with Crippen LogP contribution in [0.2, 0.25) is 0 Å². The second-order valence-corrected chi connectivity index (χ2v) is 13.5. The van der Waals surface area contributed by atoms with Gasteiger partial charge in [-0.15, -0.1) is 0 Å². The Balaban J connectivity index is 1.31. The summed E-state index contributed by atoms with van der Waals surface area (Å²) in [7, 11) is 0. The topological polar surface area (TPSA) is 51.7 Å². The number of hydrogen-bond donors (Lipinski definition) is 1. The molecular weight excluding hydrogens is 580 g/mol. The van der Waals surface area contributed by atoms with Crippen molar-refractivity contribution >= 4 is 34.2 Å². The van der Waals surface area contributed by atoms with Gasteiger partial charge in [-0.1, -0.05) is 48.6 Å². The lowest BCUT2D eigenvalue weighted by Gasteiger charge is -2.42. The zero-order valence-electron chi connectivity index (χ0n) is 22.2. The largest absolute Gasteiger partial charge is 0.311 e. The van der Waals surface area contributed by atoms with Crippen molar-refractivity contribution in [3.8, 4) is 0 Å². The maximum Gasteiger partial charge on any atom is 0.241 e. The Kier molecular flexibility index (Phi) is 8.19. The van der Waals surface area contributed by atoms with E-state index in [2.05, 4.69) is 64.5 Å². The number of rotatable bonds is 6. The number of benzene rings is 1. The molecule has 0 unspecified atom stereocenters. The van der Waals surface area contributed by atoms with Crippen molar-refractivity contribution < 1.29 is 9.18 Å². The molecule has 2 saturated heterocycles. The highest BCUT2D eigenvalue weighted by Gasteiger charge is 2.40. The number of hydrogen-bond acceptors (Lipinski definition) is 5. The third kappa shape index (κ3) is 6.34. The fourth-order valence-electron chi connectivity index (χ4n) is 5.98. The Bertz CT molecular complexity index is 1100. The summed E-state index contributed by atoms with van der Waals surface area (Å²) < 4.78 is 14.1. The molecule has 1 N–H and O–H groups in total. The molecule has 1 aromatic carbocycles. The molecule has 2 atom stereocenters. The Morgan fingerprint density at radius 3 is 2.65 bits per heavy atom. The van der Waals surface area contributed by atoms with E-state index in [1.165, 1.54) is 25.0 Å². The number of amides is 1. The molecule has 2 fully saturated rings. The molecule has 1 amide bonds. The van der Waals surface area contributed by atoms with Crippen LogP contribution in [-0.2, 0) is 16.6 Å². The van der Waals surface area contributed by atoms with Gasteiger partial charge in [0.25, 0.3) is 0 Å². The van der Waals surface area contributed by atoms with Gasteiger partial charge in [0.1, 0.15) is 5.82 Å². The summed E-state index contributed by atoms with van der Waals surface area (Å²) >= 11 is 2.57. The van der Waals surface area contributed by atoms with E-state index in [1.54, 1.807) is 0 Å². The number of nitrogens with zero attached hydrogens (tertiary/aromatic N) is 4. The number of anilines is 1. The van der Waals surface area contributed by atoms with Crippen molar-refractivity contribution in [3.05, 3.63) is 59.2 Å². The van der Waals surface area contributed by atoms with Crippen LogP contribution < -0.4 is 10.2 Å². The number of halogens is 2. The van der Waals surface area contributed by atoms with E-state index < -0.39 is 0 Å². The average Bonchev–Trinajstić information content (AvgIpc) is 3.14. The summed E-state index contributed by atoms with van der Waals surface area (Å²) in [6.07, 6.45) is 5.07. The van der Waals surface area contributed by atoms with E-state index in [4.69, 9.17) is 4.98 Å². The first-order valence-corrected chi connectivity index (χ1v) is 14.8. The smallest absolute Gasteiger partial charge is 0.241 e. The molecule has 0 aliphatic carbocycles. The number of carbonyl (C=O) groups is 1. The molecule has 6 nitrogen and oxygen atoms in total. The molecule has 8 heteroatoms. The molecule has 3 aliphatic rings. The van der Waals surface area contributed by atoms with E-state index in [0.717, 1.165) is 59.2 Å². The summed E-state index contributed by atoms with van der Waals surface area (Å²) in [5, 5.41) is 3.64. The summed E-state index contributed by atoms with van der Waals surface area (Å²) in [6.45, 7) is 12.7. The molecule has 4 heterocycles. The highest BCUT2D eigenvalue weighted by Crippen LogP contribution is 2.39. The number of pyridine rings is 1. The lowest BCUT2D eigenvalue weighted by molar-refractivity contribution is -0.120. The van der Waals surface area contributed by atoms with Crippen LogP contribution in [0.3, 0.4) is 0 Å². The minimum Gasteiger partial charge on any atom is -0.311 e. The quantitative estimate of drug-likeness (QED) is 0.392. The van der Waals surface area contributed by atoms with Gasteiger partial charge >= 0.3 is 0 Å². The van der Waals surface area contributed by atoms with Crippen molar-refractivity contribution in [2.24, 2.45) is 0 Å². The minimum atomic E-state index is -0.232. The van der Waals surface area contributed by atoms with Gasteiger partial charge < -0.3 is 15.1 Å². The van der Waals surface area contributed by atoms with Crippen LogP contribution in [0.4, 0.5) is 10.1 Å². The van der Waals surface area contributed by atoms with Gasteiger partial charge in [-0.3, -0.25) is 14.7 Å².